The smallest absolute Gasteiger partial charge is 0.231 e. The van der Waals surface area contributed by atoms with Crippen molar-refractivity contribution in [2.45, 2.75) is 0 Å². The van der Waals surface area contributed by atoms with Crippen molar-refractivity contribution < 1.29 is 9.47 Å². The van der Waals surface area contributed by atoms with E-state index < -0.39 is 0 Å². The number of ether oxygens (including phenoxy) is 2. The summed E-state index contributed by atoms with van der Waals surface area (Å²) >= 11 is 0. The molecule has 0 radical (unpaired) electrons. The zero-order valence-corrected chi connectivity index (χ0v) is 17.4. The molecule has 158 valence electrons. The van der Waals surface area contributed by atoms with Crippen LogP contribution in [0.2, 0.25) is 0 Å². The maximum absolute atomic E-state index is 6.08. The number of nitrogen functional groups attached to an aromatic ring is 1. The van der Waals surface area contributed by atoms with Crippen molar-refractivity contribution in [2.24, 2.45) is 0 Å². The van der Waals surface area contributed by atoms with Gasteiger partial charge in [-0.25, -0.2) is 4.98 Å². The molecule has 2 heterocycles. The molecule has 3 N–H and O–H groups in total. The van der Waals surface area contributed by atoms with E-state index >= 15 is 0 Å². The van der Waals surface area contributed by atoms with Crippen molar-refractivity contribution in [3.63, 3.8) is 0 Å². The molecule has 0 saturated heterocycles. The van der Waals surface area contributed by atoms with Crippen molar-refractivity contribution in [1.82, 2.24) is 19.9 Å². The molecule has 0 aliphatic carbocycles. The van der Waals surface area contributed by atoms with Gasteiger partial charge in [0.15, 0.2) is 0 Å². The number of benzene rings is 2. The molecule has 4 rings (SSSR count). The number of anilines is 3. The summed E-state index contributed by atoms with van der Waals surface area (Å²) in [5.74, 6) is 2.56. The molecule has 0 fully saturated rings. The summed E-state index contributed by atoms with van der Waals surface area (Å²) in [5.41, 5.74) is 6.78. The number of likely N-dealkylation sites (N-methyl/N-ethyl adjacent to an activating group) is 1. The second-order valence-electron chi connectivity index (χ2n) is 7.16. The summed E-state index contributed by atoms with van der Waals surface area (Å²) in [4.78, 5) is 15.2. The first-order chi connectivity index (χ1) is 15.1. The van der Waals surface area contributed by atoms with E-state index in [0.29, 0.717) is 41.6 Å². The fourth-order valence-corrected chi connectivity index (χ4v) is 2.97. The average molecular weight is 416 g/mol. The maximum Gasteiger partial charge on any atom is 0.231 e. The number of fused-ring (bicyclic) bond motifs is 1. The van der Waals surface area contributed by atoms with Crippen LogP contribution in [0.15, 0.2) is 66.9 Å². The quantitative estimate of drug-likeness (QED) is 0.415. The lowest BCUT2D eigenvalue weighted by Gasteiger charge is -2.12. The highest BCUT2D eigenvalue weighted by Crippen LogP contribution is 2.32. The lowest BCUT2D eigenvalue weighted by atomic mass is 10.1. The van der Waals surface area contributed by atoms with Gasteiger partial charge in [0.2, 0.25) is 17.7 Å². The monoisotopic (exact) mass is 416 g/mol. The molecular formula is C23H24N6O2. The van der Waals surface area contributed by atoms with Gasteiger partial charge >= 0.3 is 0 Å². The predicted octanol–water partition coefficient (Wildman–Crippen LogP) is 4.08. The highest BCUT2D eigenvalue weighted by Gasteiger charge is 2.08. The first-order valence-electron chi connectivity index (χ1n) is 9.88. The van der Waals surface area contributed by atoms with Gasteiger partial charge in [-0.1, -0.05) is 30.3 Å². The van der Waals surface area contributed by atoms with Crippen LogP contribution in [-0.2, 0) is 0 Å². The van der Waals surface area contributed by atoms with Crippen LogP contribution in [0.25, 0.3) is 10.8 Å². The Morgan fingerprint density at radius 3 is 2.58 bits per heavy atom. The molecule has 2 aromatic heterocycles. The van der Waals surface area contributed by atoms with Gasteiger partial charge in [0, 0.05) is 41.3 Å². The molecule has 8 heteroatoms. The molecule has 0 amide bonds. The lowest BCUT2D eigenvalue weighted by Crippen LogP contribution is -2.19. The van der Waals surface area contributed by atoms with Gasteiger partial charge in [0.1, 0.15) is 18.2 Å². The minimum absolute atomic E-state index is 0.371. The fraction of sp³-hybridized carbons (Fsp3) is 0.174. The van der Waals surface area contributed by atoms with Gasteiger partial charge in [-0.05, 0) is 32.3 Å². The number of nitrogens with two attached hydrogens (primary N) is 1. The number of rotatable bonds is 8. The molecule has 0 aliphatic heterocycles. The van der Waals surface area contributed by atoms with Crippen LogP contribution in [-0.4, -0.2) is 47.1 Å². The number of nitrogens with one attached hydrogen (secondary N) is 1. The van der Waals surface area contributed by atoms with Gasteiger partial charge in [-0.15, -0.1) is 0 Å². The Balaban J connectivity index is 1.49. The summed E-state index contributed by atoms with van der Waals surface area (Å²) in [5, 5.41) is 4.94. The van der Waals surface area contributed by atoms with Crippen LogP contribution >= 0.6 is 0 Å². The third-order valence-electron chi connectivity index (χ3n) is 4.51. The summed E-state index contributed by atoms with van der Waals surface area (Å²) < 4.78 is 11.7. The van der Waals surface area contributed by atoms with Crippen LogP contribution in [0, 0.1) is 0 Å². The van der Waals surface area contributed by atoms with Gasteiger partial charge in [-0.3, -0.25) is 0 Å². The van der Waals surface area contributed by atoms with E-state index in [1.54, 1.807) is 12.3 Å². The summed E-state index contributed by atoms with van der Waals surface area (Å²) in [6.07, 6.45) is 1.63. The maximum atomic E-state index is 6.08. The topological polar surface area (TPSA) is 98.4 Å². The predicted molar refractivity (Wildman–Crippen MR) is 122 cm³/mol. The van der Waals surface area contributed by atoms with E-state index in [4.69, 9.17) is 15.2 Å². The van der Waals surface area contributed by atoms with Crippen molar-refractivity contribution >= 4 is 28.2 Å². The van der Waals surface area contributed by atoms with Crippen molar-refractivity contribution in [1.29, 1.82) is 0 Å². The minimum atomic E-state index is 0.371. The largest absolute Gasteiger partial charge is 0.476 e. The summed E-state index contributed by atoms with van der Waals surface area (Å²) in [6.45, 7) is 1.36. The van der Waals surface area contributed by atoms with E-state index in [9.17, 15) is 0 Å². The third-order valence-corrected chi connectivity index (χ3v) is 4.51. The molecule has 0 saturated carbocycles. The Hall–Kier alpha value is -3.91. The molecule has 31 heavy (non-hydrogen) atoms. The highest BCUT2D eigenvalue weighted by atomic mass is 16.5. The van der Waals surface area contributed by atoms with Gasteiger partial charge < -0.3 is 25.4 Å². The first-order valence-corrected chi connectivity index (χ1v) is 9.88. The number of hydrogen-bond donors (Lipinski definition) is 2. The Morgan fingerprint density at radius 2 is 1.74 bits per heavy atom. The molecule has 4 aromatic rings. The Kier molecular flexibility index (Phi) is 6.09. The Labute approximate surface area is 180 Å². The molecule has 0 bridgehead atoms. The van der Waals surface area contributed by atoms with Crippen LogP contribution in [0.3, 0.4) is 0 Å². The van der Waals surface area contributed by atoms with Crippen LogP contribution in [0.5, 0.6) is 17.5 Å². The Morgan fingerprint density at radius 1 is 0.903 bits per heavy atom. The van der Waals surface area contributed by atoms with Gasteiger partial charge in [0.05, 0.1) is 0 Å². The second-order valence-corrected chi connectivity index (χ2v) is 7.16. The van der Waals surface area contributed by atoms with E-state index in [0.717, 1.165) is 17.3 Å². The van der Waals surface area contributed by atoms with Crippen molar-refractivity contribution in [2.75, 3.05) is 38.3 Å². The van der Waals surface area contributed by atoms with Gasteiger partial charge in [-0.2, -0.15) is 9.97 Å². The van der Waals surface area contributed by atoms with Crippen LogP contribution in [0.4, 0.5) is 17.5 Å². The zero-order chi connectivity index (χ0) is 21.6. The Bertz CT molecular complexity index is 1180. The summed E-state index contributed by atoms with van der Waals surface area (Å²) in [6, 6.07) is 18.7. The van der Waals surface area contributed by atoms with E-state index in [-0.39, 0.29) is 0 Å². The highest BCUT2D eigenvalue weighted by molar-refractivity contribution is 5.97. The first kappa shape index (κ1) is 20.4. The average Bonchev–Trinajstić information content (AvgIpc) is 2.76. The van der Waals surface area contributed by atoms with Crippen molar-refractivity contribution in [3.05, 3.63) is 66.9 Å². The standard InChI is InChI=1S/C23H24N6O2/c1-29(2)14-15-30-21-9-5-8-20(26-21)27-23-25-13-12-22(28-23)31-19-11-10-18(24)16-6-3-4-7-17(16)19/h3-13H,14-15,24H2,1-2H3,(H,25,26,27,28). The SMILES string of the molecule is CN(C)CCOc1cccc(Nc2nccc(Oc3ccc(N)c4ccccc34)n2)n1. The number of aromatic nitrogens is 3. The molecule has 2 aromatic carbocycles. The van der Waals surface area contributed by atoms with E-state index in [2.05, 4.69) is 20.3 Å². The summed E-state index contributed by atoms with van der Waals surface area (Å²) in [7, 11) is 3.99. The van der Waals surface area contributed by atoms with E-state index in [1.165, 1.54) is 0 Å². The lowest BCUT2D eigenvalue weighted by molar-refractivity contribution is 0.254. The number of pyridine rings is 1. The van der Waals surface area contributed by atoms with Crippen LogP contribution < -0.4 is 20.5 Å². The minimum Gasteiger partial charge on any atom is -0.476 e. The molecule has 0 aliphatic rings. The number of hydrogen-bond acceptors (Lipinski definition) is 8. The number of nitrogens with zero attached hydrogens (tertiary/aromatic N) is 4. The van der Waals surface area contributed by atoms with E-state index in [1.807, 2.05) is 73.6 Å². The molecule has 8 nitrogen and oxygen atoms in total. The molecular weight excluding hydrogens is 392 g/mol. The normalized spacial score (nSPS) is 10.9. The second kappa shape index (κ2) is 9.27. The molecule has 0 spiro atoms. The zero-order valence-electron chi connectivity index (χ0n) is 17.4. The van der Waals surface area contributed by atoms with Gasteiger partial charge in [0.25, 0.3) is 0 Å². The van der Waals surface area contributed by atoms with Crippen molar-refractivity contribution in [3.8, 4) is 17.5 Å². The van der Waals surface area contributed by atoms with Crippen LogP contribution in [0.1, 0.15) is 0 Å². The molecule has 0 unspecified atom stereocenters. The fourth-order valence-electron chi connectivity index (χ4n) is 2.97. The molecule has 0 atom stereocenters. The third kappa shape index (κ3) is 5.18.